The van der Waals surface area contributed by atoms with Gasteiger partial charge in [-0.2, -0.15) is 0 Å². The molecule has 0 amide bonds. The number of benzene rings is 2. The lowest BCUT2D eigenvalue weighted by Gasteiger charge is -2.06. The lowest BCUT2D eigenvalue weighted by atomic mass is 10.1. The molecule has 2 aromatic rings. The second kappa shape index (κ2) is 8.14. The minimum atomic E-state index is -3.27. The van der Waals surface area contributed by atoms with Crippen LogP contribution in [0.15, 0.2) is 59.5 Å². The summed E-state index contributed by atoms with van der Waals surface area (Å²) in [7, 11) is -3.27. The molecule has 0 aliphatic carbocycles. The Morgan fingerprint density at radius 3 is 2.09 bits per heavy atom. The minimum absolute atomic E-state index is 0.0523. The number of unbranched alkanes of at least 4 members (excludes halogenated alkanes) is 3. The summed E-state index contributed by atoms with van der Waals surface area (Å²) in [5.41, 5.74) is 2.02. The van der Waals surface area contributed by atoms with Crippen molar-refractivity contribution in [3.63, 3.8) is 0 Å². The zero-order valence-electron chi connectivity index (χ0n) is 12.9. The zero-order chi connectivity index (χ0) is 15.8. The molecule has 3 heteroatoms. The van der Waals surface area contributed by atoms with E-state index in [1.807, 2.05) is 42.5 Å². The van der Waals surface area contributed by atoms with Crippen LogP contribution in [0.1, 0.15) is 36.8 Å². The van der Waals surface area contributed by atoms with Gasteiger partial charge in [-0.05, 0) is 36.1 Å². The van der Waals surface area contributed by atoms with Crippen molar-refractivity contribution in [1.29, 1.82) is 0 Å². The molecule has 0 aliphatic heterocycles. The molecule has 0 heterocycles. The van der Waals surface area contributed by atoms with Crippen LogP contribution in [-0.2, 0) is 22.0 Å². The first-order valence-corrected chi connectivity index (χ1v) is 9.42. The van der Waals surface area contributed by atoms with Crippen LogP contribution in [0.3, 0.4) is 0 Å². The Hall–Kier alpha value is -1.61. The molecular weight excluding hydrogens is 292 g/mol. The Bertz CT molecular complexity index is 658. The van der Waals surface area contributed by atoms with E-state index in [0.717, 1.165) is 31.2 Å². The summed E-state index contributed by atoms with van der Waals surface area (Å²) in [4.78, 5) is 0.401. The average Bonchev–Trinajstić information content (AvgIpc) is 2.53. The highest BCUT2D eigenvalue weighted by molar-refractivity contribution is 7.90. The molecule has 0 bridgehead atoms. The van der Waals surface area contributed by atoms with Gasteiger partial charge in [0, 0.05) is 0 Å². The molecule has 2 nitrogen and oxygen atoms in total. The molecule has 0 unspecified atom stereocenters. The fraction of sp³-hybridized carbons (Fsp3) is 0.316. The summed E-state index contributed by atoms with van der Waals surface area (Å²) in [5, 5.41) is 0. The predicted molar refractivity (Wildman–Crippen MR) is 91.3 cm³/mol. The summed E-state index contributed by atoms with van der Waals surface area (Å²) in [6.07, 6.45) is 5.45. The van der Waals surface area contributed by atoms with Gasteiger partial charge in [-0.1, -0.05) is 68.7 Å². The van der Waals surface area contributed by atoms with Crippen LogP contribution >= 0.6 is 0 Å². The number of sulfone groups is 1. The Balaban J connectivity index is 1.99. The van der Waals surface area contributed by atoms with Gasteiger partial charge in [-0.3, -0.25) is 0 Å². The third-order valence-corrected chi connectivity index (χ3v) is 5.40. The Morgan fingerprint density at radius 1 is 0.773 bits per heavy atom. The quantitative estimate of drug-likeness (QED) is 0.667. The van der Waals surface area contributed by atoms with E-state index in [-0.39, 0.29) is 5.75 Å². The molecule has 0 spiro atoms. The standard InChI is InChI=1S/C19H23O2S/c1-2-3-4-6-9-17-12-14-19(15-13-17)22(20,21)16-18-10-7-5-8-11-18/h5,7-8,10-15H,1-4,6,9,16H2. The molecular formula is C19H23O2S. The van der Waals surface area contributed by atoms with Crippen LogP contribution in [0.4, 0.5) is 0 Å². The first kappa shape index (κ1) is 16.8. The van der Waals surface area contributed by atoms with Gasteiger partial charge in [0.15, 0.2) is 9.84 Å². The second-order valence-electron chi connectivity index (χ2n) is 5.55. The Labute approximate surface area is 134 Å². The van der Waals surface area contributed by atoms with E-state index >= 15 is 0 Å². The van der Waals surface area contributed by atoms with E-state index in [1.165, 1.54) is 12.0 Å². The fourth-order valence-corrected chi connectivity index (χ4v) is 3.77. The summed E-state index contributed by atoms with van der Waals surface area (Å²) in [6, 6.07) is 16.6. The summed E-state index contributed by atoms with van der Waals surface area (Å²) in [5.74, 6) is 0.0523. The molecule has 0 atom stereocenters. The van der Waals surface area contributed by atoms with E-state index in [2.05, 4.69) is 6.92 Å². The molecule has 117 valence electrons. The van der Waals surface area contributed by atoms with Crippen molar-refractivity contribution in [2.24, 2.45) is 0 Å². The summed E-state index contributed by atoms with van der Waals surface area (Å²) < 4.78 is 24.8. The van der Waals surface area contributed by atoms with Crippen molar-refractivity contribution in [3.8, 4) is 0 Å². The van der Waals surface area contributed by atoms with Gasteiger partial charge in [0.2, 0.25) is 0 Å². The molecule has 0 fully saturated rings. The van der Waals surface area contributed by atoms with Gasteiger partial charge in [0.1, 0.15) is 0 Å². The van der Waals surface area contributed by atoms with E-state index < -0.39 is 9.84 Å². The fourth-order valence-electron chi connectivity index (χ4n) is 2.42. The van der Waals surface area contributed by atoms with E-state index in [0.29, 0.717) is 4.90 Å². The zero-order valence-corrected chi connectivity index (χ0v) is 13.7. The van der Waals surface area contributed by atoms with Gasteiger partial charge in [0.25, 0.3) is 0 Å². The predicted octanol–water partition coefficient (Wildman–Crippen LogP) is 4.60. The molecule has 0 N–H and O–H groups in total. The third-order valence-electron chi connectivity index (χ3n) is 3.70. The normalized spacial score (nSPS) is 11.5. The average molecular weight is 315 g/mol. The van der Waals surface area contributed by atoms with Crippen LogP contribution in [-0.4, -0.2) is 8.42 Å². The van der Waals surface area contributed by atoms with Crippen molar-refractivity contribution >= 4 is 9.84 Å². The molecule has 0 saturated carbocycles. The highest BCUT2D eigenvalue weighted by Gasteiger charge is 2.14. The van der Waals surface area contributed by atoms with Crippen LogP contribution in [0, 0.1) is 6.92 Å². The van der Waals surface area contributed by atoms with Gasteiger partial charge in [0.05, 0.1) is 10.6 Å². The van der Waals surface area contributed by atoms with Crippen molar-refractivity contribution in [2.45, 2.75) is 42.8 Å². The van der Waals surface area contributed by atoms with Gasteiger partial charge >= 0.3 is 0 Å². The lowest BCUT2D eigenvalue weighted by Crippen LogP contribution is -2.05. The highest BCUT2D eigenvalue weighted by Crippen LogP contribution is 2.18. The van der Waals surface area contributed by atoms with E-state index in [4.69, 9.17) is 0 Å². The monoisotopic (exact) mass is 315 g/mol. The topological polar surface area (TPSA) is 34.1 Å². The molecule has 2 aromatic carbocycles. The van der Waals surface area contributed by atoms with E-state index in [1.54, 1.807) is 12.1 Å². The third kappa shape index (κ3) is 4.99. The van der Waals surface area contributed by atoms with Crippen LogP contribution in [0.5, 0.6) is 0 Å². The Morgan fingerprint density at radius 2 is 1.45 bits per heavy atom. The van der Waals surface area contributed by atoms with Crippen LogP contribution in [0.25, 0.3) is 0 Å². The lowest BCUT2D eigenvalue weighted by molar-refractivity contribution is 0.595. The molecule has 22 heavy (non-hydrogen) atoms. The number of hydrogen-bond acceptors (Lipinski definition) is 2. The van der Waals surface area contributed by atoms with Crippen molar-refractivity contribution in [3.05, 3.63) is 72.6 Å². The smallest absolute Gasteiger partial charge is 0.182 e. The Kier molecular flexibility index (Phi) is 6.20. The van der Waals surface area contributed by atoms with Gasteiger partial charge < -0.3 is 0 Å². The maximum atomic E-state index is 12.4. The summed E-state index contributed by atoms with van der Waals surface area (Å²) in [6.45, 7) is 3.84. The first-order valence-electron chi connectivity index (χ1n) is 7.77. The molecule has 0 aliphatic rings. The number of aryl methyl sites for hydroxylation is 1. The largest absolute Gasteiger partial charge is 0.223 e. The van der Waals surface area contributed by atoms with Crippen LogP contribution in [0.2, 0.25) is 0 Å². The SMILES string of the molecule is [CH2]CCCCCc1ccc(S(=O)(=O)Cc2ccccc2)cc1. The van der Waals surface area contributed by atoms with Crippen molar-refractivity contribution in [2.75, 3.05) is 0 Å². The highest BCUT2D eigenvalue weighted by atomic mass is 32.2. The molecule has 1 radical (unpaired) electrons. The van der Waals surface area contributed by atoms with Gasteiger partial charge in [-0.15, -0.1) is 0 Å². The molecule has 2 rings (SSSR count). The van der Waals surface area contributed by atoms with Crippen molar-refractivity contribution < 1.29 is 8.42 Å². The number of rotatable bonds is 8. The van der Waals surface area contributed by atoms with Crippen LogP contribution < -0.4 is 0 Å². The molecule has 0 aromatic heterocycles. The maximum absolute atomic E-state index is 12.4. The van der Waals surface area contributed by atoms with E-state index in [9.17, 15) is 8.42 Å². The number of hydrogen-bond donors (Lipinski definition) is 0. The van der Waals surface area contributed by atoms with Gasteiger partial charge in [-0.25, -0.2) is 8.42 Å². The minimum Gasteiger partial charge on any atom is -0.223 e. The molecule has 0 saturated heterocycles. The maximum Gasteiger partial charge on any atom is 0.182 e. The summed E-state index contributed by atoms with van der Waals surface area (Å²) >= 11 is 0. The van der Waals surface area contributed by atoms with Crippen molar-refractivity contribution in [1.82, 2.24) is 0 Å². The first-order chi connectivity index (χ1) is 10.6. The second-order valence-corrected chi connectivity index (χ2v) is 7.54.